The molecule has 0 radical (unpaired) electrons. The molecule has 0 saturated carbocycles. The Balaban J connectivity index is 1.37. The highest BCUT2D eigenvalue weighted by molar-refractivity contribution is 5.94. The molecule has 1 saturated heterocycles. The van der Waals surface area contributed by atoms with E-state index in [9.17, 15) is 9.59 Å². The van der Waals surface area contributed by atoms with E-state index in [0.29, 0.717) is 31.1 Å². The number of ether oxygens (including phenoxy) is 2. The Morgan fingerprint density at radius 1 is 1.12 bits per heavy atom. The number of aliphatic hydroxyl groups is 1. The van der Waals surface area contributed by atoms with Gasteiger partial charge in [0.25, 0.3) is 5.91 Å². The number of hydrogen-bond acceptors (Lipinski definition) is 5. The van der Waals surface area contributed by atoms with Crippen LogP contribution in [0.2, 0.25) is 0 Å². The van der Waals surface area contributed by atoms with Gasteiger partial charge in [0.2, 0.25) is 0 Å². The van der Waals surface area contributed by atoms with Crippen LogP contribution >= 0.6 is 0 Å². The number of carbonyl (C=O) groups excluding carboxylic acids is 2. The lowest BCUT2D eigenvalue weighted by Crippen LogP contribution is -2.43. The van der Waals surface area contributed by atoms with Crippen molar-refractivity contribution in [1.82, 2.24) is 9.80 Å². The zero-order valence-corrected chi connectivity index (χ0v) is 20.2. The van der Waals surface area contributed by atoms with E-state index in [2.05, 4.69) is 12.1 Å². The van der Waals surface area contributed by atoms with Gasteiger partial charge in [0.1, 0.15) is 11.9 Å². The van der Waals surface area contributed by atoms with Crippen LogP contribution in [0, 0.1) is 5.92 Å². The van der Waals surface area contributed by atoms with Crippen LogP contribution in [0.1, 0.15) is 42.6 Å². The Morgan fingerprint density at radius 3 is 2.44 bits per heavy atom. The lowest BCUT2D eigenvalue weighted by atomic mass is 9.88. The second-order valence-corrected chi connectivity index (χ2v) is 9.47. The molecular weight excluding hydrogens is 432 g/mol. The van der Waals surface area contributed by atoms with Crippen molar-refractivity contribution in [2.45, 2.75) is 45.3 Å². The fourth-order valence-corrected chi connectivity index (χ4v) is 4.73. The van der Waals surface area contributed by atoms with Gasteiger partial charge in [-0.15, -0.1) is 0 Å². The van der Waals surface area contributed by atoms with Crippen LogP contribution in [0.4, 0.5) is 4.79 Å². The molecule has 2 heterocycles. The highest BCUT2D eigenvalue weighted by Gasteiger charge is 2.34. The fraction of sp³-hybridized carbons (Fsp3) is 0.481. The van der Waals surface area contributed by atoms with Crippen LogP contribution in [-0.2, 0) is 11.2 Å². The van der Waals surface area contributed by atoms with E-state index in [-0.39, 0.29) is 30.8 Å². The molecule has 2 aliphatic heterocycles. The van der Waals surface area contributed by atoms with E-state index in [4.69, 9.17) is 14.6 Å². The number of carbonyl (C=O) groups is 2. The lowest BCUT2D eigenvalue weighted by Gasteiger charge is -2.34. The van der Waals surface area contributed by atoms with Crippen LogP contribution in [0.15, 0.2) is 42.5 Å². The Hall–Kier alpha value is -3.06. The first-order valence-corrected chi connectivity index (χ1v) is 12.1. The molecule has 2 aromatic carbocycles. The molecule has 4 rings (SSSR count). The summed E-state index contributed by atoms with van der Waals surface area (Å²) in [6, 6.07) is 13.8. The molecule has 0 aliphatic carbocycles. The first-order valence-electron chi connectivity index (χ1n) is 12.1. The van der Waals surface area contributed by atoms with Crippen LogP contribution in [0.3, 0.4) is 0 Å². The van der Waals surface area contributed by atoms with Crippen LogP contribution < -0.4 is 4.74 Å². The van der Waals surface area contributed by atoms with Crippen LogP contribution in [0.5, 0.6) is 5.75 Å². The van der Waals surface area contributed by atoms with E-state index in [1.807, 2.05) is 44.2 Å². The predicted molar refractivity (Wildman–Crippen MR) is 130 cm³/mol. The van der Waals surface area contributed by atoms with Gasteiger partial charge < -0.3 is 24.4 Å². The van der Waals surface area contributed by atoms with E-state index in [1.54, 1.807) is 11.9 Å². The summed E-state index contributed by atoms with van der Waals surface area (Å²) < 4.78 is 11.6. The number of piperidine rings is 1. The second kappa shape index (κ2) is 10.5. The molecule has 7 nitrogen and oxygen atoms in total. The Bertz CT molecular complexity index is 1010. The molecule has 1 atom stereocenters. The molecule has 0 aromatic heterocycles. The maximum absolute atomic E-state index is 12.4. The molecule has 0 spiro atoms. The van der Waals surface area contributed by atoms with Crippen molar-refractivity contribution in [2.75, 3.05) is 33.3 Å². The number of fused-ring (bicyclic) bond motifs is 1. The van der Waals surface area contributed by atoms with Gasteiger partial charge in [-0.25, -0.2) is 4.79 Å². The Kier molecular flexibility index (Phi) is 7.41. The SMILES string of the molecule is CC(C)OC(=O)N1CCC(C2Cc3cc(-c4ccc(C(=O)N(C)CCO)cc4)ccc3O2)CC1. The number of hydrogen-bond donors (Lipinski definition) is 1. The van der Waals surface area contributed by atoms with Gasteiger partial charge in [-0.1, -0.05) is 18.2 Å². The smallest absolute Gasteiger partial charge is 0.410 e. The van der Waals surface area contributed by atoms with Gasteiger partial charge in [0, 0.05) is 38.7 Å². The minimum atomic E-state index is -0.221. The molecule has 1 fully saturated rings. The summed E-state index contributed by atoms with van der Waals surface area (Å²) in [5.74, 6) is 1.25. The highest BCUT2D eigenvalue weighted by atomic mass is 16.6. The van der Waals surface area contributed by atoms with Crippen molar-refractivity contribution in [3.8, 4) is 16.9 Å². The van der Waals surface area contributed by atoms with E-state index in [0.717, 1.165) is 36.1 Å². The summed E-state index contributed by atoms with van der Waals surface area (Å²) in [4.78, 5) is 27.9. The zero-order valence-electron chi connectivity index (χ0n) is 20.2. The zero-order chi connectivity index (χ0) is 24.2. The van der Waals surface area contributed by atoms with Gasteiger partial charge in [0.05, 0.1) is 12.7 Å². The molecule has 0 bridgehead atoms. The number of likely N-dealkylation sites (N-methyl/N-ethyl adjacent to an activating group) is 1. The van der Waals surface area contributed by atoms with Gasteiger partial charge in [-0.05, 0) is 73.6 Å². The van der Waals surface area contributed by atoms with Crippen molar-refractivity contribution in [3.63, 3.8) is 0 Å². The number of nitrogens with zero attached hydrogens (tertiary/aromatic N) is 2. The van der Waals surface area contributed by atoms with Crippen molar-refractivity contribution in [1.29, 1.82) is 0 Å². The summed E-state index contributed by atoms with van der Waals surface area (Å²) in [5.41, 5.74) is 3.95. The molecule has 7 heteroatoms. The Morgan fingerprint density at radius 2 is 1.79 bits per heavy atom. The van der Waals surface area contributed by atoms with Gasteiger partial charge in [0.15, 0.2) is 0 Å². The molecular formula is C27H34N2O5. The van der Waals surface area contributed by atoms with Crippen molar-refractivity contribution < 1.29 is 24.2 Å². The third-order valence-electron chi connectivity index (χ3n) is 6.67. The summed E-state index contributed by atoms with van der Waals surface area (Å²) in [7, 11) is 1.69. The van der Waals surface area contributed by atoms with Crippen molar-refractivity contribution in [3.05, 3.63) is 53.6 Å². The molecule has 2 aliphatic rings. The third kappa shape index (κ3) is 5.36. The molecule has 34 heavy (non-hydrogen) atoms. The molecule has 1 unspecified atom stereocenters. The van der Waals surface area contributed by atoms with Crippen LogP contribution in [-0.4, -0.2) is 72.4 Å². The van der Waals surface area contributed by atoms with E-state index in [1.165, 1.54) is 10.5 Å². The molecule has 2 amide bonds. The summed E-state index contributed by atoms with van der Waals surface area (Å²) in [6.07, 6.45) is 2.51. The molecule has 2 aromatic rings. The number of benzene rings is 2. The summed E-state index contributed by atoms with van der Waals surface area (Å²) >= 11 is 0. The monoisotopic (exact) mass is 466 g/mol. The van der Waals surface area contributed by atoms with Crippen molar-refractivity contribution >= 4 is 12.0 Å². The predicted octanol–water partition coefficient (Wildman–Crippen LogP) is 3.98. The number of rotatable bonds is 6. The van der Waals surface area contributed by atoms with Crippen LogP contribution in [0.25, 0.3) is 11.1 Å². The Labute approximate surface area is 201 Å². The first-order chi connectivity index (χ1) is 16.4. The maximum atomic E-state index is 12.4. The maximum Gasteiger partial charge on any atom is 0.410 e. The molecule has 1 N–H and O–H groups in total. The number of amides is 2. The first kappa shape index (κ1) is 24.1. The number of likely N-dealkylation sites (tertiary alicyclic amines) is 1. The minimum Gasteiger partial charge on any atom is -0.490 e. The quantitative estimate of drug-likeness (QED) is 0.697. The van der Waals surface area contributed by atoms with Gasteiger partial charge in [-0.3, -0.25) is 4.79 Å². The third-order valence-corrected chi connectivity index (χ3v) is 6.67. The van der Waals surface area contributed by atoms with Gasteiger partial charge >= 0.3 is 6.09 Å². The largest absolute Gasteiger partial charge is 0.490 e. The highest BCUT2D eigenvalue weighted by Crippen LogP contribution is 2.37. The van der Waals surface area contributed by atoms with Crippen molar-refractivity contribution in [2.24, 2.45) is 5.92 Å². The number of aliphatic hydroxyl groups excluding tert-OH is 1. The minimum absolute atomic E-state index is 0.0533. The summed E-state index contributed by atoms with van der Waals surface area (Å²) in [6.45, 7) is 5.41. The fourth-order valence-electron chi connectivity index (χ4n) is 4.73. The average molecular weight is 467 g/mol. The standard InChI is InChI=1S/C27H34N2O5/c1-18(2)33-27(32)29-12-10-20(11-13-29)25-17-23-16-22(8-9-24(23)34-25)19-4-6-21(7-5-19)26(31)28(3)14-15-30/h4-9,16,18,20,25,30H,10-15,17H2,1-3H3. The lowest BCUT2D eigenvalue weighted by molar-refractivity contribution is 0.0502. The average Bonchev–Trinajstić information content (AvgIpc) is 3.27. The van der Waals surface area contributed by atoms with E-state index >= 15 is 0 Å². The summed E-state index contributed by atoms with van der Waals surface area (Å²) in [5, 5.41) is 9.04. The topological polar surface area (TPSA) is 79.3 Å². The van der Waals surface area contributed by atoms with Gasteiger partial charge in [-0.2, -0.15) is 0 Å². The van der Waals surface area contributed by atoms with E-state index < -0.39 is 0 Å². The second-order valence-electron chi connectivity index (χ2n) is 9.47. The molecule has 182 valence electrons. The normalized spacial score (nSPS) is 17.9.